The molecule has 0 amide bonds. The Morgan fingerprint density at radius 3 is 1.90 bits per heavy atom. The molecular weight excluding hydrogens is 375 g/mol. The summed E-state index contributed by atoms with van der Waals surface area (Å²) in [5.41, 5.74) is 4.33. The van der Waals surface area contributed by atoms with Crippen molar-refractivity contribution in [1.29, 1.82) is 0 Å². The van der Waals surface area contributed by atoms with Crippen LogP contribution in [0.5, 0.6) is 11.5 Å². The molecule has 0 saturated heterocycles. The second-order valence-electron chi connectivity index (χ2n) is 8.83. The first-order valence-corrected chi connectivity index (χ1v) is 13.2. The van der Waals surface area contributed by atoms with Gasteiger partial charge in [0.25, 0.3) is 0 Å². The summed E-state index contributed by atoms with van der Waals surface area (Å²) in [6.07, 6.45) is 14.2. The molecule has 0 radical (unpaired) electrons. The van der Waals surface area contributed by atoms with Gasteiger partial charge in [-0.3, -0.25) is 0 Å². The summed E-state index contributed by atoms with van der Waals surface area (Å²) in [6, 6.07) is 15.5. The number of para-hydroxylation sites is 1. The number of hydrogen-bond donors (Lipinski definition) is 0. The van der Waals surface area contributed by atoms with Crippen molar-refractivity contribution in [1.82, 2.24) is 0 Å². The molecule has 0 N–H and O–H groups in total. The third-order valence-corrected chi connectivity index (χ3v) is 10.5. The van der Waals surface area contributed by atoms with Crippen molar-refractivity contribution in [2.75, 3.05) is 13.2 Å². The lowest BCUT2D eigenvalue weighted by Gasteiger charge is -2.40. The summed E-state index contributed by atoms with van der Waals surface area (Å²) in [5.74, 6) is 2.09. The third-order valence-electron chi connectivity index (χ3n) is 6.97. The molecule has 0 bridgehead atoms. The van der Waals surface area contributed by atoms with Gasteiger partial charge in [-0.25, -0.2) is 0 Å². The Hall–Kier alpha value is -1.53. The maximum Gasteiger partial charge on any atom is 0.128 e. The van der Waals surface area contributed by atoms with Crippen LogP contribution < -0.4 is 14.8 Å². The minimum Gasteiger partial charge on any atom is -0.489 e. The van der Waals surface area contributed by atoms with E-state index in [1.54, 1.807) is 5.30 Å². The molecule has 154 valence electrons. The summed E-state index contributed by atoms with van der Waals surface area (Å²) in [6.45, 7) is 1.23. The minimum atomic E-state index is -0.187. The highest BCUT2D eigenvalue weighted by Gasteiger charge is 2.35. The van der Waals surface area contributed by atoms with Gasteiger partial charge in [-0.15, -0.1) is 0 Å². The molecule has 5 rings (SSSR count). The zero-order valence-electron chi connectivity index (χ0n) is 17.4. The van der Waals surface area contributed by atoms with Crippen LogP contribution in [0.15, 0.2) is 42.5 Å². The molecule has 1 heterocycles. The monoisotopic (exact) mass is 408 g/mol. The average Bonchev–Trinajstić information content (AvgIpc) is 2.77. The minimum absolute atomic E-state index is 0.187. The summed E-state index contributed by atoms with van der Waals surface area (Å²) < 4.78 is 12.3. The van der Waals surface area contributed by atoms with Crippen LogP contribution in [0.1, 0.15) is 64.2 Å². The van der Waals surface area contributed by atoms with Gasteiger partial charge in [0, 0.05) is 11.1 Å². The maximum absolute atomic E-state index is 6.24. The Morgan fingerprint density at radius 1 is 0.621 bits per heavy atom. The van der Waals surface area contributed by atoms with Gasteiger partial charge in [0.15, 0.2) is 0 Å². The first kappa shape index (κ1) is 19.4. The van der Waals surface area contributed by atoms with Crippen molar-refractivity contribution < 1.29 is 9.47 Å². The van der Waals surface area contributed by atoms with E-state index in [1.165, 1.54) is 75.3 Å². The van der Waals surface area contributed by atoms with E-state index in [0.717, 1.165) is 22.8 Å². The average molecular weight is 409 g/mol. The van der Waals surface area contributed by atoms with Gasteiger partial charge in [-0.1, -0.05) is 76.8 Å². The SMILES string of the molecule is c1ccc2c(c1)OCCOc1cccc(P(C3CCCCC3)C3CCCCC3)c1-2. The van der Waals surface area contributed by atoms with Crippen molar-refractivity contribution in [2.24, 2.45) is 0 Å². The van der Waals surface area contributed by atoms with Crippen molar-refractivity contribution in [2.45, 2.75) is 75.5 Å². The fourth-order valence-electron chi connectivity index (χ4n) is 5.64. The highest BCUT2D eigenvalue weighted by Crippen LogP contribution is 2.57. The Kier molecular flexibility index (Phi) is 6.09. The van der Waals surface area contributed by atoms with Gasteiger partial charge in [0.05, 0.1) is 0 Å². The molecule has 2 fully saturated rings. The first-order chi connectivity index (χ1) is 14.4. The zero-order valence-corrected chi connectivity index (χ0v) is 18.3. The molecule has 0 aromatic heterocycles. The van der Waals surface area contributed by atoms with Gasteiger partial charge in [0.2, 0.25) is 0 Å². The van der Waals surface area contributed by atoms with Crippen molar-refractivity contribution in [3.8, 4) is 22.6 Å². The smallest absolute Gasteiger partial charge is 0.128 e. The van der Waals surface area contributed by atoms with Crippen LogP contribution in [0.3, 0.4) is 0 Å². The highest BCUT2D eigenvalue weighted by atomic mass is 31.1. The van der Waals surface area contributed by atoms with Crippen molar-refractivity contribution in [3.05, 3.63) is 42.5 Å². The topological polar surface area (TPSA) is 18.5 Å². The van der Waals surface area contributed by atoms with Gasteiger partial charge in [-0.05, 0) is 54.4 Å². The van der Waals surface area contributed by atoms with Crippen molar-refractivity contribution >= 4 is 13.2 Å². The van der Waals surface area contributed by atoms with Gasteiger partial charge in [0.1, 0.15) is 24.7 Å². The largest absolute Gasteiger partial charge is 0.489 e. The van der Waals surface area contributed by atoms with Gasteiger partial charge >= 0.3 is 0 Å². The quantitative estimate of drug-likeness (QED) is 0.515. The van der Waals surface area contributed by atoms with Crippen LogP contribution in [0.4, 0.5) is 0 Å². The third kappa shape index (κ3) is 4.06. The molecule has 2 aromatic carbocycles. The second kappa shape index (κ2) is 9.09. The highest BCUT2D eigenvalue weighted by molar-refractivity contribution is 7.67. The normalized spacial score (nSPS) is 20.7. The van der Waals surface area contributed by atoms with E-state index < -0.39 is 0 Å². The molecule has 0 spiro atoms. The standard InChI is InChI=1S/C26H33O2P/c1-3-10-20(11-4-1)29(21-12-5-2-6-13-21)25-17-9-16-24-26(25)22-14-7-8-15-23(22)27-18-19-28-24/h7-9,14-17,20-21H,1-6,10-13,18-19H2. The van der Waals surface area contributed by atoms with Crippen LogP contribution in [-0.2, 0) is 0 Å². The van der Waals surface area contributed by atoms with Gasteiger partial charge in [-0.2, -0.15) is 0 Å². The van der Waals surface area contributed by atoms with E-state index >= 15 is 0 Å². The molecule has 2 saturated carbocycles. The number of ether oxygens (including phenoxy) is 2. The van der Waals surface area contributed by atoms with Crippen LogP contribution in [0.2, 0.25) is 0 Å². The molecule has 0 atom stereocenters. The molecule has 2 aliphatic carbocycles. The van der Waals surface area contributed by atoms with E-state index in [4.69, 9.17) is 9.47 Å². The van der Waals surface area contributed by atoms with E-state index in [-0.39, 0.29) is 7.92 Å². The first-order valence-electron chi connectivity index (χ1n) is 11.7. The Labute approximate surface area is 176 Å². The van der Waals surface area contributed by atoms with Crippen LogP contribution >= 0.6 is 7.92 Å². The Morgan fingerprint density at radius 2 is 1.21 bits per heavy atom. The molecule has 0 unspecified atom stereocenters. The van der Waals surface area contributed by atoms with Gasteiger partial charge < -0.3 is 9.47 Å². The number of fused-ring (bicyclic) bond motifs is 3. The predicted molar refractivity (Wildman–Crippen MR) is 123 cm³/mol. The molecule has 3 aliphatic rings. The predicted octanol–water partition coefficient (Wildman–Crippen LogP) is 6.90. The lowest BCUT2D eigenvalue weighted by atomic mass is 9.99. The summed E-state index contributed by atoms with van der Waals surface area (Å²) in [5, 5.41) is 1.59. The molecule has 2 aromatic rings. The number of hydrogen-bond acceptors (Lipinski definition) is 2. The zero-order chi connectivity index (χ0) is 19.5. The summed E-state index contributed by atoms with van der Waals surface area (Å²) >= 11 is 0. The maximum atomic E-state index is 6.24. The molecule has 2 nitrogen and oxygen atoms in total. The van der Waals surface area contributed by atoms with E-state index in [2.05, 4.69) is 42.5 Å². The lowest BCUT2D eigenvalue weighted by Crippen LogP contribution is -2.28. The van der Waals surface area contributed by atoms with Crippen LogP contribution in [0, 0.1) is 0 Å². The van der Waals surface area contributed by atoms with E-state index in [1.807, 2.05) is 0 Å². The second-order valence-corrected chi connectivity index (χ2v) is 11.6. The molecule has 29 heavy (non-hydrogen) atoms. The summed E-state index contributed by atoms with van der Waals surface area (Å²) in [7, 11) is -0.187. The van der Waals surface area contributed by atoms with Crippen LogP contribution in [0.25, 0.3) is 11.1 Å². The fraction of sp³-hybridized carbons (Fsp3) is 0.538. The Bertz CT molecular complexity index is 803. The lowest BCUT2D eigenvalue weighted by molar-refractivity contribution is 0.214. The molecule has 1 aliphatic heterocycles. The van der Waals surface area contributed by atoms with Crippen molar-refractivity contribution in [3.63, 3.8) is 0 Å². The van der Waals surface area contributed by atoms with Crippen LogP contribution in [-0.4, -0.2) is 24.5 Å². The molecular formula is C26H33O2P. The Balaban J connectivity index is 1.64. The number of benzene rings is 2. The fourth-order valence-corrected chi connectivity index (χ4v) is 9.61. The molecule has 3 heteroatoms. The van der Waals surface area contributed by atoms with E-state index in [9.17, 15) is 0 Å². The number of rotatable bonds is 3. The summed E-state index contributed by atoms with van der Waals surface area (Å²) in [4.78, 5) is 0. The van der Waals surface area contributed by atoms with E-state index in [0.29, 0.717) is 13.2 Å².